The van der Waals surface area contributed by atoms with Gasteiger partial charge in [-0.2, -0.15) is 0 Å². The first-order valence-electron chi connectivity index (χ1n) is 5.40. The summed E-state index contributed by atoms with van der Waals surface area (Å²) in [5.41, 5.74) is 0.495. The van der Waals surface area contributed by atoms with Crippen molar-refractivity contribution in [2.45, 2.75) is 0 Å². The number of pyridine rings is 1. The highest BCUT2D eigenvalue weighted by molar-refractivity contribution is 6.42. The molecular weight excluding hydrogens is 305 g/mol. The number of aromatic nitrogens is 2. The molecule has 0 spiro atoms. The Morgan fingerprint density at radius 1 is 1.30 bits per heavy atom. The molecule has 2 N–H and O–H groups in total. The minimum Gasteiger partial charge on any atom is -0.478 e. The van der Waals surface area contributed by atoms with Gasteiger partial charge >= 0.3 is 5.97 Å². The Labute approximate surface area is 123 Å². The predicted octanol–water partition coefficient (Wildman–Crippen LogP) is 2.68. The lowest BCUT2D eigenvalue weighted by molar-refractivity contribution is 0.0696. The molecule has 0 bridgehead atoms. The fourth-order valence-electron chi connectivity index (χ4n) is 1.58. The van der Waals surface area contributed by atoms with E-state index in [-0.39, 0.29) is 27.1 Å². The van der Waals surface area contributed by atoms with Crippen LogP contribution in [0.15, 0.2) is 24.5 Å². The Balaban J connectivity index is 2.25. The van der Waals surface area contributed by atoms with Crippen LogP contribution in [-0.2, 0) is 7.05 Å². The maximum absolute atomic E-state index is 12.1. The van der Waals surface area contributed by atoms with Crippen molar-refractivity contribution in [1.29, 1.82) is 0 Å². The first kappa shape index (κ1) is 14.4. The van der Waals surface area contributed by atoms with Crippen molar-refractivity contribution in [3.05, 3.63) is 46.0 Å². The highest BCUT2D eigenvalue weighted by atomic mass is 35.5. The third kappa shape index (κ3) is 2.76. The average Bonchev–Trinajstić information content (AvgIpc) is 2.67. The number of carbonyl (C=O) groups is 2. The van der Waals surface area contributed by atoms with E-state index in [1.807, 2.05) is 0 Å². The van der Waals surface area contributed by atoms with Crippen molar-refractivity contribution in [2.24, 2.45) is 7.05 Å². The second-order valence-corrected chi connectivity index (χ2v) is 4.71. The molecule has 0 atom stereocenters. The van der Waals surface area contributed by atoms with E-state index < -0.39 is 11.9 Å². The van der Waals surface area contributed by atoms with Crippen LogP contribution in [0.3, 0.4) is 0 Å². The van der Waals surface area contributed by atoms with Crippen LogP contribution in [0, 0.1) is 0 Å². The first-order valence-corrected chi connectivity index (χ1v) is 6.16. The Bertz CT molecular complexity index is 697. The summed E-state index contributed by atoms with van der Waals surface area (Å²) in [6.07, 6.45) is 2.53. The van der Waals surface area contributed by atoms with E-state index in [2.05, 4.69) is 10.3 Å². The third-order valence-electron chi connectivity index (χ3n) is 2.59. The van der Waals surface area contributed by atoms with Gasteiger partial charge in [0.25, 0.3) is 5.91 Å². The molecule has 2 aromatic rings. The number of hydrogen-bond donors (Lipinski definition) is 2. The van der Waals surface area contributed by atoms with Gasteiger partial charge in [0, 0.05) is 13.2 Å². The summed E-state index contributed by atoms with van der Waals surface area (Å²) < 4.78 is 1.42. The van der Waals surface area contributed by atoms with Gasteiger partial charge in [-0.1, -0.05) is 23.2 Å². The smallest absolute Gasteiger partial charge is 0.337 e. The molecule has 20 heavy (non-hydrogen) atoms. The normalized spacial score (nSPS) is 10.3. The Hall–Kier alpha value is -2.05. The van der Waals surface area contributed by atoms with Crippen LogP contribution in [0.25, 0.3) is 0 Å². The molecule has 0 saturated carbocycles. The van der Waals surface area contributed by atoms with Gasteiger partial charge in [0.05, 0.1) is 22.5 Å². The molecule has 1 amide bonds. The van der Waals surface area contributed by atoms with Gasteiger partial charge in [-0.25, -0.2) is 4.79 Å². The summed E-state index contributed by atoms with van der Waals surface area (Å²) in [4.78, 5) is 26.6. The number of carbonyl (C=O) groups excluding carboxylic acids is 1. The van der Waals surface area contributed by atoms with E-state index in [4.69, 9.17) is 28.3 Å². The molecule has 0 unspecified atom stereocenters. The Morgan fingerprint density at radius 3 is 2.55 bits per heavy atom. The predicted molar refractivity (Wildman–Crippen MR) is 74.6 cm³/mol. The number of aromatic carboxylic acids is 1. The number of hydrogen-bond acceptors (Lipinski definition) is 3. The largest absolute Gasteiger partial charge is 0.478 e. The van der Waals surface area contributed by atoms with Crippen LogP contribution in [0.1, 0.15) is 20.8 Å². The van der Waals surface area contributed by atoms with Gasteiger partial charge in [-0.05, 0) is 12.1 Å². The van der Waals surface area contributed by atoms with Crippen molar-refractivity contribution >= 4 is 40.8 Å². The zero-order valence-corrected chi connectivity index (χ0v) is 11.7. The summed E-state index contributed by atoms with van der Waals surface area (Å²) in [5.74, 6) is -1.59. The van der Waals surface area contributed by atoms with Crippen LogP contribution in [-0.4, -0.2) is 26.5 Å². The van der Waals surface area contributed by atoms with Gasteiger partial charge in [-0.15, -0.1) is 0 Å². The molecule has 0 radical (unpaired) electrons. The lowest BCUT2D eigenvalue weighted by Crippen LogP contribution is -2.16. The van der Waals surface area contributed by atoms with Gasteiger partial charge in [0.1, 0.15) is 10.8 Å². The summed E-state index contributed by atoms with van der Waals surface area (Å²) in [5, 5.41) is 11.9. The molecule has 0 saturated heterocycles. The number of nitrogens with one attached hydrogen (secondary N) is 1. The van der Waals surface area contributed by atoms with Crippen molar-refractivity contribution in [3.63, 3.8) is 0 Å². The molecule has 104 valence electrons. The third-order valence-corrected chi connectivity index (χ3v) is 3.43. The van der Waals surface area contributed by atoms with Crippen molar-refractivity contribution in [1.82, 2.24) is 9.55 Å². The molecule has 0 aliphatic rings. The molecule has 0 fully saturated rings. The van der Waals surface area contributed by atoms with Gasteiger partial charge in [-0.3, -0.25) is 9.78 Å². The average molecular weight is 314 g/mol. The standard InChI is InChI=1S/C12H9Cl2N3O3/c1-17-9(3-8(13)10(17)14)11(18)16-7-2-6(12(19)20)4-15-5-7/h2-5H,1H3,(H,16,18)(H,19,20). The van der Waals surface area contributed by atoms with E-state index in [0.717, 1.165) is 0 Å². The second-order valence-electron chi connectivity index (χ2n) is 3.95. The molecule has 8 heteroatoms. The van der Waals surface area contributed by atoms with Crippen LogP contribution in [0.4, 0.5) is 5.69 Å². The lowest BCUT2D eigenvalue weighted by Gasteiger charge is -2.06. The Morgan fingerprint density at radius 2 is 2.00 bits per heavy atom. The number of carboxylic acids is 1. The van der Waals surface area contributed by atoms with Crippen LogP contribution >= 0.6 is 23.2 Å². The fourth-order valence-corrected chi connectivity index (χ4v) is 1.96. The summed E-state index contributed by atoms with van der Waals surface area (Å²) in [7, 11) is 1.59. The van der Waals surface area contributed by atoms with Crippen LogP contribution in [0.5, 0.6) is 0 Å². The quantitative estimate of drug-likeness (QED) is 0.912. The monoisotopic (exact) mass is 313 g/mol. The van der Waals surface area contributed by atoms with Gasteiger partial charge in [0.2, 0.25) is 0 Å². The van der Waals surface area contributed by atoms with Crippen LogP contribution < -0.4 is 5.32 Å². The van der Waals surface area contributed by atoms with E-state index in [1.165, 1.54) is 29.1 Å². The molecule has 6 nitrogen and oxygen atoms in total. The molecule has 0 aliphatic heterocycles. The number of halogens is 2. The SMILES string of the molecule is Cn1c(C(=O)Nc2cncc(C(=O)O)c2)cc(Cl)c1Cl. The molecule has 0 aromatic carbocycles. The van der Waals surface area contributed by atoms with E-state index >= 15 is 0 Å². The minimum absolute atomic E-state index is 0.0225. The van der Waals surface area contributed by atoms with E-state index in [0.29, 0.717) is 0 Å². The molecule has 2 aromatic heterocycles. The number of anilines is 1. The maximum Gasteiger partial charge on any atom is 0.337 e. The van der Waals surface area contributed by atoms with Gasteiger partial charge in [0.15, 0.2) is 0 Å². The Kier molecular flexibility index (Phi) is 3.96. The molecule has 0 aliphatic carbocycles. The first-order chi connectivity index (χ1) is 9.40. The van der Waals surface area contributed by atoms with Crippen molar-refractivity contribution < 1.29 is 14.7 Å². The fraction of sp³-hybridized carbons (Fsp3) is 0.0833. The summed E-state index contributed by atoms with van der Waals surface area (Å²) >= 11 is 11.7. The zero-order valence-electron chi connectivity index (χ0n) is 10.2. The van der Waals surface area contributed by atoms with Gasteiger partial charge < -0.3 is 15.0 Å². The van der Waals surface area contributed by atoms with E-state index in [9.17, 15) is 9.59 Å². The summed E-state index contributed by atoms with van der Waals surface area (Å²) in [6.45, 7) is 0. The molecule has 2 heterocycles. The topological polar surface area (TPSA) is 84.2 Å². The second kappa shape index (κ2) is 5.52. The van der Waals surface area contributed by atoms with Crippen LogP contribution in [0.2, 0.25) is 10.2 Å². The number of amides is 1. The minimum atomic E-state index is -1.13. The highest BCUT2D eigenvalue weighted by Gasteiger charge is 2.16. The highest BCUT2D eigenvalue weighted by Crippen LogP contribution is 2.25. The van der Waals surface area contributed by atoms with E-state index in [1.54, 1.807) is 7.05 Å². The zero-order chi connectivity index (χ0) is 14.9. The molecule has 2 rings (SSSR count). The number of rotatable bonds is 3. The van der Waals surface area contributed by atoms with Crippen molar-refractivity contribution in [3.8, 4) is 0 Å². The van der Waals surface area contributed by atoms with Crippen molar-refractivity contribution in [2.75, 3.05) is 5.32 Å². The maximum atomic E-state index is 12.1. The molecular formula is C12H9Cl2N3O3. The lowest BCUT2D eigenvalue weighted by atomic mass is 10.2. The summed E-state index contributed by atoms with van der Waals surface area (Å²) in [6, 6.07) is 2.73. The number of nitrogens with zero attached hydrogens (tertiary/aromatic N) is 2. The number of carboxylic acid groups (broad SMARTS) is 1.